The van der Waals surface area contributed by atoms with Gasteiger partial charge in [-0.1, -0.05) is 30.3 Å². The van der Waals surface area contributed by atoms with E-state index >= 15 is 0 Å². The van der Waals surface area contributed by atoms with Crippen LogP contribution in [0.4, 0.5) is 0 Å². The third-order valence-corrected chi connectivity index (χ3v) is 4.73. The molecule has 1 fully saturated rings. The topological polar surface area (TPSA) is 64.1 Å². The third kappa shape index (κ3) is 3.67. The van der Waals surface area contributed by atoms with Crippen LogP contribution in [0.5, 0.6) is 5.88 Å². The summed E-state index contributed by atoms with van der Waals surface area (Å²) in [6, 6.07) is 13.5. The second kappa shape index (κ2) is 7.52. The van der Waals surface area contributed by atoms with Gasteiger partial charge in [-0.25, -0.2) is 4.98 Å². The van der Waals surface area contributed by atoms with E-state index in [1.807, 2.05) is 42.5 Å². The van der Waals surface area contributed by atoms with Gasteiger partial charge in [0.05, 0.1) is 0 Å². The molecule has 0 atom stereocenters. The summed E-state index contributed by atoms with van der Waals surface area (Å²) in [6.07, 6.45) is 8.39. The number of carbonyl (C=O) groups excluding carboxylic acids is 1. The molecule has 0 bridgehead atoms. The first-order valence-corrected chi connectivity index (χ1v) is 9.03. The van der Waals surface area contributed by atoms with E-state index in [1.54, 1.807) is 12.4 Å². The van der Waals surface area contributed by atoms with Gasteiger partial charge in [-0.3, -0.25) is 9.78 Å². The van der Waals surface area contributed by atoms with Gasteiger partial charge in [0.25, 0.3) is 5.91 Å². The van der Waals surface area contributed by atoms with Crippen LogP contribution >= 0.6 is 0 Å². The average Bonchev–Trinajstić information content (AvgIpc) is 3.20. The molecule has 0 radical (unpaired) electrons. The van der Waals surface area contributed by atoms with Crippen LogP contribution in [-0.4, -0.2) is 22.0 Å². The summed E-state index contributed by atoms with van der Waals surface area (Å²) >= 11 is 0. The predicted octanol–water partition coefficient (Wildman–Crippen LogP) is 3.88. The Morgan fingerprint density at radius 1 is 1.08 bits per heavy atom. The van der Waals surface area contributed by atoms with Crippen LogP contribution in [0.2, 0.25) is 0 Å². The molecular weight excluding hydrogens is 326 g/mol. The van der Waals surface area contributed by atoms with Crippen LogP contribution in [0.25, 0.3) is 10.8 Å². The fourth-order valence-corrected chi connectivity index (χ4v) is 3.33. The van der Waals surface area contributed by atoms with Crippen molar-refractivity contribution in [3.05, 3.63) is 66.1 Å². The molecule has 1 N–H and O–H groups in total. The van der Waals surface area contributed by atoms with Gasteiger partial charge in [0, 0.05) is 30.4 Å². The largest absolute Gasteiger partial charge is 0.474 e. The van der Waals surface area contributed by atoms with Crippen LogP contribution in [0.1, 0.15) is 41.7 Å². The summed E-state index contributed by atoms with van der Waals surface area (Å²) in [5.41, 5.74) is 1.37. The van der Waals surface area contributed by atoms with E-state index < -0.39 is 0 Å². The molecule has 1 amide bonds. The highest BCUT2D eigenvalue weighted by atomic mass is 16.5. The SMILES string of the molecule is O=C(NCc1ccc(OC2CCCC2)nc1)c1nccc2ccccc12. The number of rotatable bonds is 5. The smallest absolute Gasteiger partial charge is 0.270 e. The average molecular weight is 347 g/mol. The second-order valence-corrected chi connectivity index (χ2v) is 6.59. The summed E-state index contributed by atoms with van der Waals surface area (Å²) in [5, 5.41) is 4.77. The Bertz CT molecular complexity index is 897. The second-order valence-electron chi connectivity index (χ2n) is 6.59. The molecule has 1 aliphatic rings. The lowest BCUT2D eigenvalue weighted by atomic mass is 10.1. The normalized spacial score (nSPS) is 14.5. The number of carbonyl (C=O) groups is 1. The van der Waals surface area contributed by atoms with Crippen molar-refractivity contribution in [1.29, 1.82) is 0 Å². The van der Waals surface area contributed by atoms with Crippen LogP contribution in [0.3, 0.4) is 0 Å². The standard InChI is InChI=1S/C21H21N3O2/c25-21(20-18-8-4-1-5-16(18)11-12-22-20)24-14-15-9-10-19(23-13-15)26-17-6-2-3-7-17/h1,4-5,8-13,17H,2-3,6-7,14H2,(H,24,25). The van der Waals surface area contributed by atoms with Gasteiger partial charge in [0.15, 0.2) is 0 Å². The maximum absolute atomic E-state index is 12.5. The molecule has 4 rings (SSSR count). The van der Waals surface area contributed by atoms with Crippen molar-refractivity contribution in [2.75, 3.05) is 0 Å². The third-order valence-electron chi connectivity index (χ3n) is 4.73. The van der Waals surface area contributed by atoms with Crippen molar-refractivity contribution < 1.29 is 9.53 Å². The molecule has 1 aliphatic carbocycles. The Hall–Kier alpha value is -2.95. The molecule has 0 saturated heterocycles. The van der Waals surface area contributed by atoms with E-state index in [2.05, 4.69) is 15.3 Å². The molecule has 2 aromatic heterocycles. The van der Waals surface area contributed by atoms with Crippen molar-refractivity contribution in [3.8, 4) is 5.88 Å². The summed E-state index contributed by atoms with van der Waals surface area (Å²) in [6.45, 7) is 0.403. The number of nitrogens with zero attached hydrogens (tertiary/aromatic N) is 2. The fourth-order valence-electron chi connectivity index (χ4n) is 3.33. The monoisotopic (exact) mass is 347 g/mol. The van der Waals surface area contributed by atoms with Crippen molar-refractivity contribution in [2.24, 2.45) is 0 Å². The van der Waals surface area contributed by atoms with E-state index in [4.69, 9.17) is 4.74 Å². The quantitative estimate of drug-likeness (QED) is 0.761. The van der Waals surface area contributed by atoms with E-state index in [0.29, 0.717) is 24.2 Å². The number of amides is 1. The van der Waals surface area contributed by atoms with Gasteiger partial charge in [-0.15, -0.1) is 0 Å². The minimum Gasteiger partial charge on any atom is -0.474 e. The minimum absolute atomic E-state index is 0.187. The Balaban J connectivity index is 1.39. The van der Waals surface area contributed by atoms with Crippen molar-refractivity contribution in [3.63, 3.8) is 0 Å². The number of pyridine rings is 2. The lowest BCUT2D eigenvalue weighted by molar-refractivity contribution is 0.0948. The number of hydrogen-bond donors (Lipinski definition) is 1. The number of fused-ring (bicyclic) bond motifs is 1. The van der Waals surface area contributed by atoms with Crippen LogP contribution < -0.4 is 10.1 Å². The van der Waals surface area contributed by atoms with Gasteiger partial charge in [0.1, 0.15) is 11.8 Å². The van der Waals surface area contributed by atoms with Crippen LogP contribution in [0, 0.1) is 0 Å². The zero-order chi connectivity index (χ0) is 17.8. The number of aromatic nitrogens is 2. The lowest BCUT2D eigenvalue weighted by Gasteiger charge is -2.12. The van der Waals surface area contributed by atoms with Gasteiger partial charge in [-0.05, 0) is 42.7 Å². The molecule has 0 aliphatic heterocycles. The first kappa shape index (κ1) is 16.5. The van der Waals surface area contributed by atoms with Gasteiger partial charge in [0.2, 0.25) is 5.88 Å². The lowest BCUT2D eigenvalue weighted by Crippen LogP contribution is -2.24. The minimum atomic E-state index is -0.187. The number of nitrogens with one attached hydrogen (secondary N) is 1. The zero-order valence-corrected chi connectivity index (χ0v) is 14.5. The highest BCUT2D eigenvalue weighted by Crippen LogP contribution is 2.23. The molecule has 2 heterocycles. The molecule has 5 heteroatoms. The molecule has 0 unspecified atom stereocenters. The Morgan fingerprint density at radius 3 is 2.73 bits per heavy atom. The molecule has 1 saturated carbocycles. The summed E-state index contributed by atoms with van der Waals surface area (Å²) in [4.78, 5) is 21.1. The maximum Gasteiger partial charge on any atom is 0.270 e. The van der Waals surface area contributed by atoms with Crippen molar-refractivity contribution in [1.82, 2.24) is 15.3 Å². The number of benzene rings is 1. The summed E-state index contributed by atoms with van der Waals surface area (Å²) in [7, 11) is 0. The highest BCUT2D eigenvalue weighted by Gasteiger charge is 2.17. The van der Waals surface area contributed by atoms with Crippen molar-refractivity contribution >= 4 is 16.7 Å². The van der Waals surface area contributed by atoms with Gasteiger partial charge >= 0.3 is 0 Å². The van der Waals surface area contributed by atoms with E-state index in [-0.39, 0.29) is 5.91 Å². The molecule has 132 valence electrons. The summed E-state index contributed by atoms with van der Waals surface area (Å²) < 4.78 is 5.86. The number of hydrogen-bond acceptors (Lipinski definition) is 4. The van der Waals surface area contributed by atoms with E-state index in [9.17, 15) is 4.79 Å². The molecule has 3 aromatic rings. The predicted molar refractivity (Wildman–Crippen MR) is 100 cm³/mol. The van der Waals surface area contributed by atoms with Crippen LogP contribution in [0.15, 0.2) is 54.9 Å². The number of ether oxygens (including phenoxy) is 1. The molecular formula is C21H21N3O2. The highest BCUT2D eigenvalue weighted by molar-refractivity contribution is 6.05. The summed E-state index contributed by atoms with van der Waals surface area (Å²) in [5.74, 6) is 0.468. The fraction of sp³-hybridized carbons (Fsp3) is 0.286. The maximum atomic E-state index is 12.5. The van der Waals surface area contributed by atoms with Gasteiger partial charge in [-0.2, -0.15) is 0 Å². The molecule has 26 heavy (non-hydrogen) atoms. The Labute approximate surface area is 152 Å². The first-order chi connectivity index (χ1) is 12.8. The van der Waals surface area contributed by atoms with E-state index in [1.165, 1.54) is 12.8 Å². The Kier molecular flexibility index (Phi) is 4.78. The van der Waals surface area contributed by atoms with Gasteiger partial charge < -0.3 is 10.1 Å². The van der Waals surface area contributed by atoms with E-state index in [0.717, 1.165) is 29.2 Å². The molecule has 0 spiro atoms. The molecule has 5 nitrogen and oxygen atoms in total. The Morgan fingerprint density at radius 2 is 1.92 bits per heavy atom. The first-order valence-electron chi connectivity index (χ1n) is 9.03. The zero-order valence-electron chi connectivity index (χ0n) is 14.5. The van der Waals surface area contributed by atoms with Crippen LogP contribution in [-0.2, 0) is 6.54 Å². The molecule has 1 aromatic carbocycles. The van der Waals surface area contributed by atoms with Crippen molar-refractivity contribution in [2.45, 2.75) is 38.3 Å².